The van der Waals surface area contributed by atoms with E-state index in [1.807, 2.05) is 13.8 Å². The molecule has 0 aromatic carbocycles. The van der Waals surface area contributed by atoms with E-state index in [4.69, 9.17) is 4.74 Å². The van der Waals surface area contributed by atoms with E-state index in [-0.39, 0.29) is 24.0 Å². The van der Waals surface area contributed by atoms with E-state index in [0.29, 0.717) is 26.3 Å². The lowest BCUT2D eigenvalue weighted by Crippen LogP contribution is -2.53. The Hall–Kier alpha value is -0.650. The van der Waals surface area contributed by atoms with Crippen LogP contribution >= 0.6 is 0 Å². The predicted molar refractivity (Wildman–Crippen MR) is 65.7 cm³/mol. The molecule has 0 bridgehead atoms. The number of aliphatic hydroxyl groups is 1. The Morgan fingerprint density at radius 2 is 2.24 bits per heavy atom. The molecule has 1 fully saturated rings. The van der Waals surface area contributed by atoms with Crippen LogP contribution < -0.4 is 10.6 Å². The maximum atomic E-state index is 11.9. The fourth-order valence-corrected chi connectivity index (χ4v) is 1.91. The quantitative estimate of drug-likeness (QED) is 0.610. The average molecular weight is 244 g/mol. The molecule has 1 heterocycles. The van der Waals surface area contributed by atoms with Gasteiger partial charge in [0.2, 0.25) is 5.91 Å². The first-order valence-electron chi connectivity index (χ1n) is 6.37. The second-order valence-corrected chi connectivity index (χ2v) is 4.66. The number of rotatable bonds is 6. The normalized spacial score (nSPS) is 21.2. The summed E-state index contributed by atoms with van der Waals surface area (Å²) in [6.45, 7) is 6.50. The molecule has 1 rings (SSSR count). The van der Waals surface area contributed by atoms with Gasteiger partial charge in [-0.05, 0) is 12.8 Å². The number of amides is 1. The van der Waals surface area contributed by atoms with Crippen molar-refractivity contribution in [3.05, 3.63) is 0 Å². The third-order valence-corrected chi connectivity index (χ3v) is 3.71. The Kier molecular flexibility index (Phi) is 5.88. The molecule has 5 heteroatoms. The van der Waals surface area contributed by atoms with Gasteiger partial charge >= 0.3 is 0 Å². The zero-order valence-corrected chi connectivity index (χ0v) is 10.8. The molecule has 1 atom stereocenters. The van der Waals surface area contributed by atoms with E-state index in [2.05, 4.69) is 10.6 Å². The van der Waals surface area contributed by atoms with Crippen molar-refractivity contribution in [3.8, 4) is 0 Å². The minimum atomic E-state index is -0.256. The van der Waals surface area contributed by atoms with Crippen molar-refractivity contribution in [1.82, 2.24) is 10.6 Å². The molecule has 0 spiro atoms. The van der Waals surface area contributed by atoms with Gasteiger partial charge in [-0.1, -0.05) is 13.8 Å². The zero-order valence-electron chi connectivity index (χ0n) is 10.8. The highest BCUT2D eigenvalue weighted by molar-refractivity contribution is 5.82. The van der Waals surface area contributed by atoms with Gasteiger partial charge < -0.3 is 20.5 Å². The van der Waals surface area contributed by atoms with E-state index in [0.717, 1.165) is 12.8 Å². The Balaban J connectivity index is 2.40. The number of ether oxygens (including phenoxy) is 1. The van der Waals surface area contributed by atoms with Crippen LogP contribution in [0.2, 0.25) is 0 Å². The van der Waals surface area contributed by atoms with Crippen molar-refractivity contribution >= 4 is 5.91 Å². The predicted octanol–water partition coefficient (Wildman–Crippen LogP) is -0.110. The molecule has 1 aliphatic rings. The highest BCUT2D eigenvalue weighted by atomic mass is 16.5. The second-order valence-electron chi connectivity index (χ2n) is 4.66. The first kappa shape index (κ1) is 14.4. The van der Waals surface area contributed by atoms with Gasteiger partial charge in [0, 0.05) is 18.5 Å². The van der Waals surface area contributed by atoms with Gasteiger partial charge in [0.25, 0.3) is 0 Å². The van der Waals surface area contributed by atoms with Gasteiger partial charge in [-0.3, -0.25) is 4.79 Å². The minimum Gasteiger partial charge on any atom is -0.396 e. The molecule has 100 valence electrons. The summed E-state index contributed by atoms with van der Waals surface area (Å²) in [5.41, 5.74) is -0.189. The van der Waals surface area contributed by atoms with Gasteiger partial charge in [0.05, 0.1) is 19.8 Å². The summed E-state index contributed by atoms with van der Waals surface area (Å²) in [4.78, 5) is 11.9. The number of hydrogen-bond acceptors (Lipinski definition) is 4. The summed E-state index contributed by atoms with van der Waals surface area (Å²) in [6, 6.07) is -0.256. The van der Waals surface area contributed by atoms with Crippen LogP contribution in [0.4, 0.5) is 0 Å². The van der Waals surface area contributed by atoms with Crippen LogP contribution in [-0.2, 0) is 9.53 Å². The van der Waals surface area contributed by atoms with Gasteiger partial charge in [0.15, 0.2) is 0 Å². The van der Waals surface area contributed by atoms with Crippen molar-refractivity contribution in [1.29, 1.82) is 0 Å². The highest BCUT2D eigenvalue weighted by Gasteiger charge is 2.28. The lowest BCUT2D eigenvalue weighted by molar-refractivity contribution is -0.126. The first-order valence-corrected chi connectivity index (χ1v) is 6.37. The topological polar surface area (TPSA) is 70.6 Å². The van der Waals surface area contributed by atoms with E-state index in [1.165, 1.54) is 0 Å². The smallest absolute Gasteiger partial charge is 0.239 e. The van der Waals surface area contributed by atoms with Crippen molar-refractivity contribution in [3.63, 3.8) is 0 Å². The molecule has 1 saturated heterocycles. The lowest BCUT2D eigenvalue weighted by Gasteiger charge is -2.31. The molecule has 0 aliphatic carbocycles. The fraction of sp³-hybridized carbons (Fsp3) is 0.917. The molecule has 0 aromatic heterocycles. The van der Waals surface area contributed by atoms with Gasteiger partial charge in [-0.25, -0.2) is 0 Å². The highest BCUT2D eigenvalue weighted by Crippen LogP contribution is 2.24. The summed E-state index contributed by atoms with van der Waals surface area (Å²) in [6.07, 6.45) is 1.71. The molecule has 0 aromatic rings. The first-order chi connectivity index (χ1) is 8.17. The molecule has 0 radical (unpaired) electrons. The third-order valence-electron chi connectivity index (χ3n) is 3.71. The number of hydrogen-bond donors (Lipinski definition) is 3. The molecule has 3 N–H and O–H groups in total. The van der Waals surface area contributed by atoms with Crippen LogP contribution in [0.25, 0.3) is 0 Å². The summed E-state index contributed by atoms with van der Waals surface area (Å²) in [5.74, 6) is -0.0376. The number of nitrogens with one attached hydrogen (secondary N) is 2. The third kappa shape index (κ3) is 3.94. The standard InChI is InChI=1S/C12H24N2O3/c1-3-12(4-2,9-15)8-14-11(16)10-7-17-6-5-13-10/h10,13,15H,3-9H2,1-2H3,(H,14,16). The molecule has 1 aliphatic heterocycles. The summed E-state index contributed by atoms with van der Waals surface area (Å²) >= 11 is 0. The van der Waals surface area contributed by atoms with Gasteiger partial charge in [-0.15, -0.1) is 0 Å². The molecule has 1 amide bonds. The number of morpholine rings is 1. The van der Waals surface area contributed by atoms with E-state index >= 15 is 0 Å². The van der Waals surface area contributed by atoms with Crippen molar-refractivity contribution < 1.29 is 14.6 Å². The van der Waals surface area contributed by atoms with Crippen molar-refractivity contribution in [2.45, 2.75) is 32.7 Å². The lowest BCUT2D eigenvalue weighted by atomic mass is 9.83. The van der Waals surface area contributed by atoms with Crippen molar-refractivity contribution in [2.24, 2.45) is 5.41 Å². The Morgan fingerprint density at radius 1 is 1.53 bits per heavy atom. The van der Waals surface area contributed by atoms with Crippen LogP contribution in [0, 0.1) is 5.41 Å². The van der Waals surface area contributed by atoms with E-state index in [1.54, 1.807) is 0 Å². The summed E-state index contributed by atoms with van der Waals surface area (Å²) in [7, 11) is 0. The molecular formula is C12H24N2O3. The second kappa shape index (κ2) is 6.93. The SMILES string of the molecule is CCC(CC)(CO)CNC(=O)C1COCCN1. The molecular weight excluding hydrogens is 220 g/mol. The maximum Gasteiger partial charge on any atom is 0.239 e. The Bertz CT molecular complexity index is 228. The summed E-state index contributed by atoms with van der Waals surface area (Å²) in [5, 5.41) is 15.4. The Morgan fingerprint density at radius 3 is 2.71 bits per heavy atom. The van der Waals surface area contributed by atoms with Crippen molar-refractivity contribution in [2.75, 3.05) is 32.9 Å². The fourth-order valence-electron chi connectivity index (χ4n) is 1.91. The average Bonchev–Trinajstić information content (AvgIpc) is 2.41. The molecule has 0 saturated carbocycles. The largest absolute Gasteiger partial charge is 0.396 e. The Labute approximate surface area is 103 Å². The van der Waals surface area contributed by atoms with Crippen LogP contribution in [0.15, 0.2) is 0 Å². The van der Waals surface area contributed by atoms with Crippen LogP contribution in [0.1, 0.15) is 26.7 Å². The zero-order chi connectivity index (χ0) is 12.7. The van der Waals surface area contributed by atoms with Crippen LogP contribution in [0.3, 0.4) is 0 Å². The van der Waals surface area contributed by atoms with Crippen LogP contribution in [-0.4, -0.2) is 50.0 Å². The van der Waals surface area contributed by atoms with Gasteiger partial charge in [-0.2, -0.15) is 0 Å². The monoisotopic (exact) mass is 244 g/mol. The maximum absolute atomic E-state index is 11.9. The summed E-state index contributed by atoms with van der Waals surface area (Å²) < 4.78 is 5.24. The molecule has 17 heavy (non-hydrogen) atoms. The molecule has 5 nitrogen and oxygen atoms in total. The number of carbonyl (C=O) groups is 1. The van der Waals surface area contributed by atoms with E-state index < -0.39 is 0 Å². The van der Waals surface area contributed by atoms with E-state index in [9.17, 15) is 9.90 Å². The van der Waals surface area contributed by atoms with Crippen LogP contribution in [0.5, 0.6) is 0 Å². The minimum absolute atomic E-state index is 0.0376. The molecule has 1 unspecified atom stereocenters. The van der Waals surface area contributed by atoms with Gasteiger partial charge in [0.1, 0.15) is 6.04 Å². The number of carbonyl (C=O) groups excluding carboxylic acids is 1. The number of aliphatic hydroxyl groups excluding tert-OH is 1.